The summed E-state index contributed by atoms with van der Waals surface area (Å²) in [6.45, 7) is 7.15. The molecule has 8 nitrogen and oxygen atoms in total. The molecule has 0 unspecified atom stereocenters. The molecular weight excluding hydrogens is 514 g/mol. The smallest absolute Gasteiger partial charge is 0.264 e. The van der Waals surface area contributed by atoms with Gasteiger partial charge in [0.05, 0.1) is 17.7 Å². The number of para-hydroxylation sites is 1. The number of methoxy groups -OCH3 is 1. The average Bonchev–Trinajstić information content (AvgIpc) is 2.94. The summed E-state index contributed by atoms with van der Waals surface area (Å²) in [6.07, 6.45) is 0.742. The third-order valence-corrected chi connectivity index (χ3v) is 8.36. The molecule has 0 bridgehead atoms. The molecule has 2 atom stereocenters. The topological polar surface area (TPSA) is 96.0 Å². The van der Waals surface area contributed by atoms with Gasteiger partial charge < -0.3 is 15.0 Å². The molecule has 0 fully saturated rings. The monoisotopic (exact) mass is 551 g/mol. The number of anilines is 1. The molecular formula is C30H37N3O5S. The summed E-state index contributed by atoms with van der Waals surface area (Å²) in [7, 11) is -2.63. The second-order valence-corrected chi connectivity index (χ2v) is 11.4. The zero-order valence-corrected chi connectivity index (χ0v) is 23.9. The molecule has 0 heterocycles. The van der Waals surface area contributed by atoms with Crippen molar-refractivity contribution in [1.29, 1.82) is 0 Å². The normalized spacial score (nSPS) is 12.7. The van der Waals surface area contributed by atoms with Crippen molar-refractivity contribution < 1.29 is 22.7 Å². The molecule has 0 radical (unpaired) electrons. The minimum Gasteiger partial charge on any atom is -0.497 e. The molecule has 0 saturated carbocycles. The summed E-state index contributed by atoms with van der Waals surface area (Å²) in [4.78, 5) is 28.5. The summed E-state index contributed by atoms with van der Waals surface area (Å²) in [5, 5.41) is 2.94. The van der Waals surface area contributed by atoms with Crippen molar-refractivity contribution in [3.8, 4) is 5.75 Å². The number of nitrogens with zero attached hydrogens (tertiary/aromatic N) is 2. The zero-order valence-electron chi connectivity index (χ0n) is 23.1. The average molecular weight is 552 g/mol. The molecule has 208 valence electrons. The van der Waals surface area contributed by atoms with E-state index in [1.807, 2.05) is 45.0 Å². The SMILES string of the molecule is CC[C@@H](C)NC(=O)[C@H](C)N(Cc1cccc(C)c1)C(=O)CN(c1ccccc1)S(=O)(=O)c1ccc(OC)cc1. The van der Waals surface area contributed by atoms with E-state index in [1.54, 1.807) is 49.4 Å². The quantitative estimate of drug-likeness (QED) is 0.357. The lowest BCUT2D eigenvalue weighted by Gasteiger charge is -2.32. The van der Waals surface area contributed by atoms with Gasteiger partial charge in [-0.1, -0.05) is 55.0 Å². The lowest BCUT2D eigenvalue weighted by Crippen LogP contribution is -2.52. The number of rotatable bonds is 12. The number of carbonyl (C=O) groups is 2. The van der Waals surface area contributed by atoms with Crippen LogP contribution in [0.1, 0.15) is 38.3 Å². The zero-order chi connectivity index (χ0) is 28.6. The Morgan fingerprint density at radius 1 is 0.949 bits per heavy atom. The van der Waals surface area contributed by atoms with Crippen molar-refractivity contribution in [2.24, 2.45) is 0 Å². The third-order valence-electron chi connectivity index (χ3n) is 6.57. The largest absolute Gasteiger partial charge is 0.497 e. The highest BCUT2D eigenvalue weighted by molar-refractivity contribution is 7.92. The standard InChI is InChI=1S/C30H37N3O5S/c1-6-23(3)31-30(35)24(4)32(20-25-12-10-11-22(2)19-25)29(34)21-33(26-13-8-7-9-14-26)39(36,37)28-17-15-27(38-5)16-18-28/h7-19,23-24H,6,20-21H2,1-5H3,(H,31,35)/t23-,24+/m1/s1. The van der Waals surface area contributed by atoms with E-state index in [-0.39, 0.29) is 23.4 Å². The molecule has 3 rings (SSSR count). The van der Waals surface area contributed by atoms with Crippen LogP contribution in [0, 0.1) is 6.92 Å². The van der Waals surface area contributed by atoms with Crippen LogP contribution >= 0.6 is 0 Å². The fourth-order valence-corrected chi connectivity index (χ4v) is 5.47. The molecule has 3 aromatic carbocycles. The van der Waals surface area contributed by atoms with Crippen molar-refractivity contribution in [3.63, 3.8) is 0 Å². The summed E-state index contributed by atoms with van der Waals surface area (Å²) in [5.41, 5.74) is 2.20. The predicted molar refractivity (Wildman–Crippen MR) is 153 cm³/mol. The number of hydrogen-bond donors (Lipinski definition) is 1. The number of benzene rings is 3. The van der Waals surface area contributed by atoms with Crippen molar-refractivity contribution >= 4 is 27.5 Å². The Morgan fingerprint density at radius 3 is 2.21 bits per heavy atom. The van der Waals surface area contributed by atoms with E-state index in [0.717, 1.165) is 21.9 Å². The molecule has 3 aromatic rings. The summed E-state index contributed by atoms with van der Waals surface area (Å²) < 4.78 is 33.9. The highest BCUT2D eigenvalue weighted by atomic mass is 32.2. The molecule has 9 heteroatoms. The second-order valence-electron chi connectivity index (χ2n) is 9.53. The Labute approximate surface area is 231 Å². The lowest BCUT2D eigenvalue weighted by atomic mass is 10.1. The molecule has 39 heavy (non-hydrogen) atoms. The third kappa shape index (κ3) is 7.60. The minimum atomic E-state index is -4.13. The maximum Gasteiger partial charge on any atom is 0.264 e. The van der Waals surface area contributed by atoms with E-state index in [0.29, 0.717) is 11.4 Å². The van der Waals surface area contributed by atoms with Gasteiger partial charge >= 0.3 is 0 Å². The lowest BCUT2D eigenvalue weighted by molar-refractivity contribution is -0.139. The van der Waals surface area contributed by atoms with Crippen LogP contribution in [-0.2, 0) is 26.2 Å². The highest BCUT2D eigenvalue weighted by Crippen LogP contribution is 2.26. The number of amides is 2. The maximum atomic E-state index is 13.9. The van der Waals surface area contributed by atoms with Crippen LogP contribution in [0.15, 0.2) is 83.8 Å². The van der Waals surface area contributed by atoms with Crippen LogP contribution in [0.3, 0.4) is 0 Å². The van der Waals surface area contributed by atoms with E-state index in [1.165, 1.54) is 24.1 Å². The number of nitrogens with one attached hydrogen (secondary N) is 1. The molecule has 0 aromatic heterocycles. The summed E-state index contributed by atoms with van der Waals surface area (Å²) in [5.74, 6) is -0.277. The van der Waals surface area contributed by atoms with Gasteiger partial charge in [0.25, 0.3) is 10.0 Å². The van der Waals surface area contributed by atoms with Gasteiger partial charge in [0, 0.05) is 12.6 Å². The van der Waals surface area contributed by atoms with Crippen molar-refractivity contribution in [3.05, 3.63) is 90.0 Å². The van der Waals surface area contributed by atoms with Crippen LogP contribution in [0.2, 0.25) is 0 Å². The van der Waals surface area contributed by atoms with E-state index in [2.05, 4.69) is 5.32 Å². The fourth-order valence-electron chi connectivity index (χ4n) is 4.05. The van der Waals surface area contributed by atoms with E-state index >= 15 is 0 Å². The molecule has 1 N–H and O–H groups in total. The van der Waals surface area contributed by atoms with Crippen LogP contribution in [0.4, 0.5) is 5.69 Å². The van der Waals surface area contributed by atoms with Gasteiger partial charge in [-0.15, -0.1) is 0 Å². The van der Waals surface area contributed by atoms with Crippen LogP contribution in [0.25, 0.3) is 0 Å². The van der Waals surface area contributed by atoms with E-state index in [4.69, 9.17) is 4.74 Å². The number of sulfonamides is 1. The van der Waals surface area contributed by atoms with Crippen LogP contribution in [0.5, 0.6) is 5.75 Å². The van der Waals surface area contributed by atoms with Gasteiger partial charge in [-0.05, 0) is 69.2 Å². The minimum absolute atomic E-state index is 0.0211. The molecule has 0 saturated heterocycles. The molecule has 0 aliphatic rings. The summed E-state index contributed by atoms with van der Waals surface area (Å²) >= 11 is 0. The first-order valence-corrected chi connectivity index (χ1v) is 14.4. The van der Waals surface area contributed by atoms with E-state index in [9.17, 15) is 18.0 Å². The van der Waals surface area contributed by atoms with Gasteiger partial charge in [0.15, 0.2) is 0 Å². The number of hydrogen-bond acceptors (Lipinski definition) is 5. The van der Waals surface area contributed by atoms with Gasteiger partial charge in [-0.3, -0.25) is 13.9 Å². The highest BCUT2D eigenvalue weighted by Gasteiger charge is 2.32. The fraction of sp³-hybridized carbons (Fsp3) is 0.333. The van der Waals surface area contributed by atoms with Crippen molar-refractivity contribution in [1.82, 2.24) is 10.2 Å². The molecule has 0 aliphatic heterocycles. The number of aryl methyl sites for hydroxylation is 1. The first-order valence-electron chi connectivity index (χ1n) is 12.9. The van der Waals surface area contributed by atoms with Crippen LogP contribution < -0.4 is 14.4 Å². The maximum absolute atomic E-state index is 13.9. The Bertz CT molecular complexity index is 1360. The van der Waals surface area contributed by atoms with Crippen LogP contribution in [-0.4, -0.2) is 50.9 Å². The number of carbonyl (C=O) groups excluding carboxylic acids is 2. The Morgan fingerprint density at radius 2 is 1.62 bits per heavy atom. The first-order chi connectivity index (χ1) is 18.6. The van der Waals surface area contributed by atoms with Crippen molar-refractivity contribution in [2.45, 2.75) is 57.6 Å². The Hall–Kier alpha value is -3.85. The van der Waals surface area contributed by atoms with Gasteiger partial charge in [0.1, 0.15) is 18.3 Å². The molecule has 2 amide bonds. The predicted octanol–water partition coefficient (Wildman–Crippen LogP) is 4.53. The van der Waals surface area contributed by atoms with Gasteiger partial charge in [-0.25, -0.2) is 8.42 Å². The van der Waals surface area contributed by atoms with Gasteiger partial charge in [-0.2, -0.15) is 0 Å². The first kappa shape index (κ1) is 29.7. The molecule has 0 aliphatic carbocycles. The van der Waals surface area contributed by atoms with Gasteiger partial charge in [0.2, 0.25) is 11.8 Å². The Balaban J connectivity index is 2.00. The summed E-state index contributed by atoms with van der Waals surface area (Å²) in [6, 6.07) is 21.3. The Kier molecular flexibility index (Phi) is 10.1. The van der Waals surface area contributed by atoms with E-state index < -0.39 is 28.5 Å². The van der Waals surface area contributed by atoms with Crippen molar-refractivity contribution in [2.75, 3.05) is 18.0 Å². The second kappa shape index (κ2) is 13.3. The number of ether oxygens (including phenoxy) is 1. The molecule has 0 spiro atoms.